The number of morpholine rings is 1. The van der Waals surface area contributed by atoms with E-state index in [4.69, 9.17) is 9.88 Å². The number of carbonyl (C=O) groups excluding carboxylic acids is 1. The van der Waals surface area contributed by atoms with Gasteiger partial charge < -0.3 is 9.64 Å². The molecule has 1 saturated heterocycles. The molecule has 3 rings (SSSR count). The number of nitro groups is 1. The number of hydrogen-bond donors (Lipinski definition) is 2. The molecule has 0 spiro atoms. The van der Waals surface area contributed by atoms with Crippen molar-refractivity contribution in [2.75, 3.05) is 31.7 Å². The van der Waals surface area contributed by atoms with Gasteiger partial charge in [-0.15, -0.1) is 0 Å². The average molecular weight is 459 g/mol. The number of primary sulfonamides is 1. The Morgan fingerprint density at radius 2 is 1.88 bits per heavy atom. The molecule has 1 aliphatic rings. The van der Waals surface area contributed by atoms with Gasteiger partial charge in [0, 0.05) is 25.2 Å². The summed E-state index contributed by atoms with van der Waals surface area (Å²) in [5.41, 5.74) is 3.63. The standard InChI is InChI=1S/C20H21N5O6S/c21-32(29,30)18-7-5-16(6-8-18)22-23-20(24-10-12-31-13-11-24)19(26)9-4-15-2-1-3-17(14-15)25(27)28/h1-9,14,22H,10-13H2,(H2,21,29,30)/b9-4+,23-20-. The Bertz CT molecular complexity index is 1160. The number of anilines is 1. The number of sulfonamides is 1. The van der Waals surface area contributed by atoms with Gasteiger partial charge in [-0.3, -0.25) is 20.3 Å². The molecule has 0 radical (unpaired) electrons. The topological polar surface area (TPSA) is 157 Å². The first-order valence-corrected chi connectivity index (χ1v) is 11.0. The summed E-state index contributed by atoms with van der Waals surface area (Å²) < 4.78 is 28.1. The van der Waals surface area contributed by atoms with E-state index in [1.807, 2.05) is 0 Å². The Labute approximate surface area is 184 Å². The largest absolute Gasteiger partial charge is 0.378 e. The summed E-state index contributed by atoms with van der Waals surface area (Å²) in [5.74, 6) is -0.280. The van der Waals surface area contributed by atoms with Crippen LogP contribution in [-0.2, 0) is 19.6 Å². The number of nitro benzene ring substituents is 1. The second-order valence-electron chi connectivity index (χ2n) is 6.77. The quantitative estimate of drug-likeness (QED) is 0.208. The fraction of sp³-hybridized carbons (Fsp3) is 0.200. The molecule has 0 amide bonds. The SMILES string of the molecule is NS(=O)(=O)c1ccc(N/N=C(/C(=O)/C=C/c2cccc([N+](=O)[O-])c2)N2CCOCC2)cc1. The van der Waals surface area contributed by atoms with E-state index in [2.05, 4.69) is 10.5 Å². The molecule has 2 aromatic rings. The van der Waals surface area contributed by atoms with Crippen LogP contribution in [0.15, 0.2) is 64.6 Å². The summed E-state index contributed by atoms with van der Waals surface area (Å²) in [6.45, 7) is 1.79. The Kier molecular flexibility index (Phi) is 7.30. The van der Waals surface area contributed by atoms with Crippen molar-refractivity contribution in [2.45, 2.75) is 4.90 Å². The fourth-order valence-electron chi connectivity index (χ4n) is 2.88. The molecule has 0 bridgehead atoms. The summed E-state index contributed by atoms with van der Waals surface area (Å²) in [7, 11) is -3.81. The van der Waals surface area contributed by atoms with Gasteiger partial charge in [-0.2, -0.15) is 5.10 Å². The van der Waals surface area contributed by atoms with E-state index in [1.54, 1.807) is 11.0 Å². The van der Waals surface area contributed by atoms with Crippen LogP contribution in [0.1, 0.15) is 5.56 Å². The Hall–Kier alpha value is -3.61. The molecule has 12 heteroatoms. The summed E-state index contributed by atoms with van der Waals surface area (Å²) in [4.78, 5) is 25.0. The van der Waals surface area contributed by atoms with Crippen LogP contribution in [0, 0.1) is 10.1 Å². The van der Waals surface area contributed by atoms with Crippen molar-refractivity contribution >= 4 is 39.1 Å². The summed E-state index contributed by atoms with van der Waals surface area (Å²) >= 11 is 0. The van der Waals surface area contributed by atoms with E-state index < -0.39 is 20.7 Å². The molecule has 2 aromatic carbocycles. The molecule has 0 atom stereocenters. The lowest BCUT2D eigenvalue weighted by Crippen LogP contribution is -2.44. The van der Waals surface area contributed by atoms with Gasteiger partial charge in [-0.05, 0) is 35.9 Å². The van der Waals surface area contributed by atoms with E-state index in [0.29, 0.717) is 37.6 Å². The van der Waals surface area contributed by atoms with Crippen LogP contribution >= 0.6 is 0 Å². The molecule has 1 heterocycles. The molecular weight excluding hydrogens is 438 g/mol. The number of rotatable bonds is 7. The first-order valence-electron chi connectivity index (χ1n) is 9.50. The average Bonchev–Trinajstić information content (AvgIpc) is 2.78. The van der Waals surface area contributed by atoms with Gasteiger partial charge in [0.25, 0.3) is 5.69 Å². The minimum Gasteiger partial charge on any atom is -0.378 e. The van der Waals surface area contributed by atoms with Crippen molar-refractivity contribution in [3.63, 3.8) is 0 Å². The highest BCUT2D eigenvalue weighted by Crippen LogP contribution is 2.15. The van der Waals surface area contributed by atoms with E-state index in [-0.39, 0.29) is 16.4 Å². The van der Waals surface area contributed by atoms with Crippen LogP contribution in [0.4, 0.5) is 11.4 Å². The number of nitrogens with zero attached hydrogens (tertiary/aromatic N) is 3. The highest BCUT2D eigenvalue weighted by Gasteiger charge is 2.20. The fourth-order valence-corrected chi connectivity index (χ4v) is 3.40. The highest BCUT2D eigenvalue weighted by molar-refractivity contribution is 7.89. The maximum atomic E-state index is 12.9. The minimum absolute atomic E-state index is 0.0450. The predicted octanol–water partition coefficient (Wildman–Crippen LogP) is 1.58. The van der Waals surface area contributed by atoms with Gasteiger partial charge in [-0.1, -0.05) is 18.2 Å². The molecular formula is C20H21N5O6S. The van der Waals surface area contributed by atoms with Gasteiger partial charge in [0.05, 0.1) is 28.7 Å². The van der Waals surface area contributed by atoms with Crippen molar-refractivity contribution in [3.05, 3.63) is 70.3 Å². The normalized spacial score (nSPS) is 15.0. The number of benzene rings is 2. The lowest BCUT2D eigenvalue weighted by Gasteiger charge is -2.28. The molecule has 3 N–H and O–H groups in total. The first kappa shape index (κ1) is 23.1. The molecule has 168 valence electrons. The number of ketones is 1. The third-order valence-electron chi connectivity index (χ3n) is 4.51. The van der Waals surface area contributed by atoms with Crippen molar-refractivity contribution in [1.82, 2.24) is 4.90 Å². The number of nitrogens with one attached hydrogen (secondary N) is 1. The summed E-state index contributed by atoms with van der Waals surface area (Å²) in [6.07, 6.45) is 2.77. The highest BCUT2D eigenvalue weighted by atomic mass is 32.2. The van der Waals surface area contributed by atoms with Gasteiger partial charge >= 0.3 is 0 Å². The molecule has 32 heavy (non-hydrogen) atoms. The second-order valence-corrected chi connectivity index (χ2v) is 8.33. The molecule has 0 aromatic heterocycles. The van der Waals surface area contributed by atoms with E-state index in [9.17, 15) is 23.3 Å². The maximum absolute atomic E-state index is 12.9. The Morgan fingerprint density at radius 3 is 2.50 bits per heavy atom. The molecule has 0 aliphatic carbocycles. The van der Waals surface area contributed by atoms with Crippen LogP contribution in [0.25, 0.3) is 6.08 Å². The second kappa shape index (κ2) is 10.1. The van der Waals surface area contributed by atoms with Crippen LogP contribution in [0.3, 0.4) is 0 Å². The zero-order valence-corrected chi connectivity index (χ0v) is 17.7. The number of hydrazone groups is 1. The number of amidine groups is 1. The molecule has 1 fully saturated rings. The van der Waals surface area contributed by atoms with Crippen molar-refractivity contribution < 1.29 is 22.9 Å². The van der Waals surface area contributed by atoms with E-state index in [1.165, 1.54) is 54.6 Å². The lowest BCUT2D eigenvalue weighted by atomic mass is 10.1. The number of non-ortho nitro benzene ring substituents is 1. The zero-order chi connectivity index (χ0) is 23.1. The summed E-state index contributed by atoms with van der Waals surface area (Å²) in [5, 5.41) is 20.2. The van der Waals surface area contributed by atoms with Crippen molar-refractivity contribution in [2.24, 2.45) is 10.2 Å². The van der Waals surface area contributed by atoms with Gasteiger partial charge in [-0.25, -0.2) is 13.6 Å². The van der Waals surface area contributed by atoms with E-state index in [0.717, 1.165) is 0 Å². The minimum atomic E-state index is -3.81. The summed E-state index contributed by atoms with van der Waals surface area (Å²) in [6, 6.07) is 11.5. The molecule has 0 saturated carbocycles. The lowest BCUT2D eigenvalue weighted by molar-refractivity contribution is -0.384. The van der Waals surface area contributed by atoms with Gasteiger partial charge in [0.1, 0.15) is 0 Å². The molecule has 1 aliphatic heterocycles. The third kappa shape index (κ3) is 6.20. The predicted molar refractivity (Wildman–Crippen MR) is 118 cm³/mol. The van der Waals surface area contributed by atoms with Crippen LogP contribution < -0.4 is 10.6 Å². The van der Waals surface area contributed by atoms with Crippen molar-refractivity contribution in [3.8, 4) is 0 Å². The van der Waals surface area contributed by atoms with Crippen LogP contribution in [0.5, 0.6) is 0 Å². The van der Waals surface area contributed by atoms with Crippen LogP contribution in [-0.4, -0.2) is 56.2 Å². The number of carbonyl (C=O) groups is 1. The Morgan fingerprint density at radius 1 is 1.19 bits per heavy atom. The number of nitrogens with two attached hydrogens (primary N) is 1. The Balaban J connectivity index is 1.81. The third-order valence-corrected chi connectivity index (χ3v) is 5.44. The monoisotopic (exact) mass is 459 g/mol. The van der Waals surface area contributed by atoms with Crippen molar-refractivity contribution in [1.29, 1.82) is 0 Å². The van der Waals surface area contributed by atoms with E-state index >= 15 is 0 Å². The maximum Gasteiger partial charge on any atom is 0.270 e. The number of hydrogen-bond acceptors (Lipinski definition) is 8. The van der Waals surface area contributed by atoms with Gasteiger partial charge in [0.15, 0.2) is 5.84 Å². The molecule has 0 unspecified atom stereocenters. The van der Waals surface area contributed by atoms with Crippen LogP contribution in [0.2, 0.25) is 0 Å². The zero-order valence-electron chi connectivity index (χ0n) is 16.9. The van der Waals surface area contributed by atoms with Gasteiger partial charge in [0.2, 0.25) is 15.8 Å². The molecule has 11 nitrogen and oxygen atoms in total. The smallest absolute Gasteiger partial charge is 0.270 e. The first-order chi connectivity index (χ1) is 15.2. The number of ether oxygens (including phenoxy) is 1.